The molecule has 16 heavy (non-hydrogen) atoms. The molecule has 1 rings (SSSR count). The topological polar surface area (TPSA) is 72.0 Å². The van der Waals surface area contributed by atoms with E-state index in [4.69, 9.17) is 11.6 Å². The lowest BCUT2D eigenvalue weighted by Crippen LogP contribution is -2.24. The number of rotatable bonds is 4. The Bertz CT molecular complexity index is 502. The molecule has 7 heteroatoms. The fourth-order valence-electron chi connectivity index (χ4n) is 0.895. The molecule has 0 spiro atoms. The number of hydrogen-bond acceptors (Lipinski definition) is 4. The maximum Gasteiger partial charge on any atom is 0.243 e. The van der Waals surface area contributed by atoms with E-state index < -0.39 is 10.0 Å². The molecular formula is C9H10ClN3O2S. The predicted octanol–water partition coefficient (Wildman–Crippen LogP) is 0.822. The van der Waals surface area contributed by atoms with Crippen LogP contribution in [-0.4, -0.2) is 24.9 Å². The van der Waals surface area contributed by atoms with Crippen LogP contribution in [0.25, 0.3) is 0 Å². The molecule has 86 valence electrons. The van der Waals surface area contributed by atoms with E-state index in [1.165, 1.54) is 0 Å². The van der Waals surface area contributed by atoms with Crippen molar-refractivity contribution < 1.29 is 8.42 Å². The van der Waals surface area contributed by atoms with Crippen LogP contribution in [0.2, 0.25) is 5.28 Å². The third kappa shape index (κ3) is 3.77. The number of nitrogens with one attached hydrogen (secondary N) is 1. The average Bonchev–Trinajstić information content (AvgIpc) is 2.25. The van der Waals surface area contributed by atoms with Gasteiger partial charge in [-0.05, 0) is 18.5 Å². The van der Waals surface area contributed by atoms with Crippen molar-refractivity contribution in [2.24, 2.45) is 0 Å². The monoisotopic (exact) mass is 259 g/mol. The Hall–Kier alpha value is -1.16. The van der Waals surface area contributed by atoms with Gasteiger partial charge in [-0.15, -0.1) is 11.8 Å². The van der Waals surface area contributed by atoms with Gasteiger partial charge in [0.25, 0.3) is 0 Å². The Morgan fingerprint density at radius 2 is 2.06 bits per heavy atom. The van der Waals surface area contributed by atoms with Gasteiger partial charge in [-0.25, -0.2) is 23.1 Å². The van der Waals surface area contributed by atoms with Crippen molar-refractivity contribution in [1.82, 2.24) is 14.7 Å². The first kappa shape index (κ1) is 12.9. The van der Waals surface area contributed by atoms with Crippen molar-refractivity contribution in [2.45, 2.75) is 18.2 Å². The Kier molecular flexibility index (Phi) is 4.68. The van der Waals surface area contributed by atoms with Gasteiger partial charge in [0.05, 0.1) is 12.4 Å². The summed E-state index contributed by atoms with van der Waals surface area (Å²) in [6, 6.07) is 0. The first-order valence-electron chi connectivity index (χ1n) is 4.43. The number of sulfonamides is 1. The average molecular weight is 260 g/mol. The van der Waals surface area contributed by atoms with E-state index in [1.807, 2.05) is 0 Å². The SMILES string of the molecule is CC#CCCNS(=O)(=O)c1cnc(Cl)nc1. The lowest BCUT2D eigenvalue weighted by molar-refractivity contribution is 0.581. The van der Waals surface area contributed by atoms with Crippen molar-refractivity contribution in [2.75, 3.05) is 6.54 Å². The minimum absolute atomic E-state index is 0.01000. The first-order valence-corrected chi connectivity index (χ1v) is 6.29. The molecule has 0 unspecified atom stereocenters. The fourth-order valence-corrected chi connectivity index (χ4v) is 1.91. The van der Waals surface area contributed by atoms with Gasteiger partial charge in [0.15, 0.2) is 0 Å². The Labute approximate surface area is 99.3 Å². The highest BCUT2D eigenvalue weighted by molar-refractivity contribution is 7.89. The molecule has 0 aromatic carbocycles. The molecule has 0 radical (unpaired) electrons. The highest BCUT2D eigenvalue weighted by Crippen LogP contribution is 2.07. The zero-order valence-corrected chi connectivity index (χ0v) is 10.1. The molecule has 0 aliphatic carbocycles. The summed E-state index contributed by atoms with van der Waals surface area (Å²) in [7, 11) is -3.56. The maximum absolute atomic E-state index is 11.6. The van der Waals surface area contributed by atoms with Crippen LogP contribution in [0.5, 0.6) is 0 Å². The third-order valence-electron chi connectivity index (χ3n) is 1.63. The van der Waals surface area contributed by atoms with Gasteiger partial charge in [-0.2, -0.15) is 0 Å². The summed E-state index contributed by atoms with van der Waals surface area (Å²) in [5.74, 6) is 5.43. The van der Waals surface area contributed by atoms with E-state index in [-0.39, 0.29) is 16.7 Å². The minimum atomic E-state index is -3.56. The van der Waals surface area contributed by atoms with Gasteiger partial charge in [-0.1, -0.05) is 0 Å². The van der Waals surface area contributed by atoms with Crippen LogP contribution >= 0.6 is 11.6 Å². The van der Waals surface area contributed by atoms with Gasteiger partial charge in [0.1, 0.15) is 4.90 Å². The molecule has 1 aromatic rings. The van der Waals surface area contributed by atoms with E-state index in [0.717, 1.165) is 12.4 Å². The molecule has 0 fully saturated rings. The zero-order valence-electron chi connectivity index (χ0n) is 8.57. The largest absolute Gasteiger partial charge is 0.243 e. The molecule has 1 aromatic heterocycles. The van der Waals surface area contributed by atoms with Crippen molar-refractivity contribution in [3.8, 4) is 11.8 Å². The second kappa shape index (κ2) is 5.80. The van der Waals surface area contributed by atoms with E-state index >= 15 is 0 Å². The fraction of sp³-hybridized carbons (Fsp3) is 0.333. The number of nitrogens with zero attached hydrogens (tertiary/aromatic N) is 2. The van der Waals surface area contributed by atoms with Gasteiger partial charge in [-0.3, -0.25) is 0 Å². The lowest BCUT2D eigenvalue weighted by atomic mass is 10.4. The van der Waals surface area contributed by atoms with Gasteiger partial charge in [0.2, 0.25) is 15.3 Å². The quantitative estimate of drug-likeness (QED) is 0.494. The second-order valence-electron chi connectivity index (χ2n) is 2.76. The molecule has 0 atom stereocenters. The molecule has 0 amide bonds. The lowest BCUT2D eigenvalue weighted by Gasteiger charge is -2.03. The van der Waals surface area contributed by atoms with Crippen molar-refractivity contribution in [1.29, 1.82) is 0 Å². The van der Waals surface area contributed by atoms with Crippen LogP contribution in [0.1, 0.15) is 13.3 Å². The normalized spacial score (nSPS) is 10.6. The number of halogens is 1. The second-order valence-corrected chi connectivity index (χ2v) is 4.87. The number of hydrogen-bond donors (Lipinski definition) is 1. The first-order chi connectivity index (χ1) is 7.56. The summed E-state index contributed by atoms with van der Waals surface area (Å²) in [5.41, 5.74) is 0. The third-order valence-corrected chi connectivity index (χ3v) is 3.24. The van der Waals surface area contributed by atoms with Crippen LogP contribution < -0.4 is 4.72 Å². The summed E-state index contributed by atoms with van der Waals surface area (Å²) in [5, 5.41) is 0.01000. The predicted molar refractivity (Wildman–Crippen MR) is 60.3 cm³/mol. The Morgan fingerprint density at radius 1 is 1.44 bits per heavy atom. The molecule has 5 nitrogen and oxygen atoms in total. The van der Waals surface area contributed by atoms with E-state index in [0.29, 0.717) is 6.42 Å². The van der Waals surface area contributed by atoms with Crippen LogP contribution in [0, 0.1) is 11.8 Å². The van der Waals surface area contributed by atoms with E-state index in [1.54, 1.807) is 6.92 Å². The molecule has 0 aliphatic rings. The molecule has 0 bridgehead atoms. The van der Waals surface area contributed by atoms with E-state index in [9.17, 15) is 8.42 Å². The van der Waals surface area contributed by atoms with Crippen LogP contribution in [0.4, 0.5) is 0 Å². The molecule has 1 N–H and O–H groups in total. The molecule has 0 saturated heterocycles. The standard InChI is InChI=1S/C9H10ClN3O2S/c1-2-3-4-5-13-16(14,15)8-6-11-9(10)12-7-8/h6-7,13H,4-5H2,1H3. The van der Waals surface area contributed by atoms with Crippen LogP contribution in [0.3, 0.4) is 0 Å². The highest BCUT2D eigenvalue weighted by Gasteiger charge is 2.13. The zero-order chi connectivity index (χ0) is 12.0. The molecular weight excluding hydrogens is 250 g/mol. The van der Waals surface area contributed by atoms with Crippen molar-refractivity contribution >= 4 is 21.6 Å². The van der Waals surface area contributed by atoms with Gasteiger partial charge >= 0.3 is 0 Å². The molecule has 1 heterocycles. The van der Waals surface area contributed by atoms with Crippen molar-refractivity contribution in [3.05, 3.63) is 17.7 Å². The van der Waals surface area contributed by atoms with E-state index in [2.05, 4.69) is 26.5 Å². The molecule has 0 saturated carbocycles. The Balaban J connectivity index is 2.69. The van der Waals surface area contributed by atoms with Crippen LogP contribution in [0.15, 0.2) is 17.3 Å². The summed E-state index contributed by atoms with van der Waals surface area (Å²) >= 11 is 5.45. The minimum Gasteiger partial charge on any atom is -0.225 e. The van der Waals surface area contributed by atoms with Crippen LogP contribution in [-0.2, 0) is 10.0 Å². The summed E-state index contributed by atoms with van der Waals surface area (Å²) in [6.45, 7) is 1.95. The van der Waals surface area contributed by atoms with Gasteiger partial charge < -0.3 is 0 Å². The highest BCUT2D eigenvalue weighted by atomic mass is 35.5. The smallest absolute Gasteiger partial charge is 0.225 e. The summed E-state index contributed by atoms with van der Waals surface area (Å²) < 4.78 is 25.6. The summed E-state index contributed by atoms with van der Waals surface area (Å²) in [4.78, 5) is 7.18. The Morgan fingerprint density at radius 3 is 2.62 bits per heavy atom. The summed E-state index contributed by atoms with van der Waals surface area (Å²) in [6.07, 6.45) is 2.77. The maximum atomic E-state index is 11.6. The van der Waals surface area contributed by atoms with Gasteiger partial charge in [0, 0.05) is 13.0 Å². The number of aromatic nitrogens is 2. The van der Waals surface area contributed by atoms with Crippen molar-refractivity contribution in [3.63, 3.8) is 0 Å². The molecule has 0 aliphatic heterocycles.